The van der Waals surface area contributed by atoms with E-state index in [1.54, 1.807) is 0 Å². The summed E-state index contributed by atoms with van der Waals surface area (Å²) in [5, 5.41) is 7.66. The van der Waals surface area contributed by atoms with Crippen LogP contribution in [0.4, 0.5) is 19.0 Å². The van der Waals surface area contributed by atoms with E-state index >= 15 is 0 Å². The van der Waals surface area contributed by atoms with Crippen LogP contribution in [0.1, 0.15) is 49.8 Å². The molecule has 0 unspecified atom stereocenters. The number of aromatic nitrogens is 1. The van der Waals surface area contributed by atoms with Gasteiger partial charge in [0.2, 0.25) is 5.91 Å². The molecule has 3 aromatic rings. The fourth-order valence-corrected chi connectivity index (χ4v) is 4.51. The zero-order valence-corrected chi connectivity index (χ0v) is 19.2. The summed E-state index contributed by atoms with van der Waals surface area (Å²) in [6, 6.07) is 15.6. The minimum atomic E-state index is -4.72. The normalized spacial score (nSPS) is 19.4. The van der Waals surface area contributed by atoms with Crippen LogP contribution < -0.4 is 15.4 Å². The zero-order valence-electron chi connectivity index (χ0n) is 19.2. The van der Waals surface area contributed by atoms with E-state index in [0.29, 0.717) is 0 Å². The molecule has 1 fully saturated rings. The topological polar surface area (TPSA) is 63.2 Å². The molecular formula is C26H28F3N3O2. The number of nitrogens with zero attached hydrogens (tertiary/aromatic N) is 1. The van der Waals surface area contributed by atoms with Crippen molar-refractivity contribution in [3.8, 4) is 5.75 Å². The van der Waals surface area contributed by atoms with Crippen molar-refractivity contribution in [2.45, 2.75) is 58.0 Å². The van der Waals surface area contributed by atoms with Crippen LogP contribution in [0.25, 0.3) is 10.9 Å². The highest BCUT2D eigenvalue weighted by Crippen LogP contribution is 2.29. The maximum atomic E-state index is 12.8. The molecular weight excluding hydrogens is 443 g/mol. The standard InChI is InChI=1S/C26H28F3N3O2/c1-16-15-24(32-23-6-4-3-5-22(16)23)31-20-11-7-19(8-12-20)25(33)30-17(2)18-9-13-21(14-10-18)34-26(27,28)29/h3-6,9-10,13-15,17,19-20H,7-8,11-12H2,1-2H3,(H,30,33)(H,31,32)/t17-,19?,20?/m1/s1. The molecule has 0 saturated heterocycles. The summed E-state index contributed by atoms with van der Waals surface area (Å²) in [6.07, 6.45) is -1.46. The number of pyridine rings is 1. The molecule has 4 rings (SSSR count). The molecule has 34 heavy (non-hydrogen) atoms. The van der Waals surface area contributed by atoms with Crippen molar-refractivity contribution in [3.63, 3.8) is 0 Å². The van der Waals surface area contributed by atoms with Crippen molar-refractivity contribution in [2.75, 3.05) is 5.32 Å². The number of nitrogens with one attached hydrogen (secondary N) is 2. The van der Waals surface area contributed by atoms with E-state index in [9.17, 15) is 18.0 Å². The number of hydrogen-bond acceptors (Lipinski definition) is 4. The van der Waals surface area contributed by atoms with Gasteiger partial charge in [0.1, 0.15) is 11.6 Å². The van der Waals surface area contributed by atoms with Gasteiger partial charge in [0.25, 0.3) is 0 Å². The first-order valence-corrected chi connectivity index (χ1v) is 11.5. The second kappa shape index (κ2) is 9.91. The van der Waals surface area contributed by atoms with E-state index < -0.39 is 6.36 Å². The molecule has 1 saturated carbocycles. The van der Waals surface area contributed by atoms with Crippen molar-refractivity contribution in [2.24, 2.45) is 5.92 Å². The highest BCUT2D eigenvalue weighted by Gasteiger charge is 2.31. The van der Waals surface area contributed by atoms with E-state index in [-0.39, 0.29) is 29.7 Å². The van der Waals surface area contributed by atoms with Gasteiger partial charge in [-0.05, 0) is 74.9 Å². The summed E-state index contributed by atoms with van der Waals surface area (Å²) >= 11 is 0. The van der Waals surface area contributed by atoms with Gasteiger partial charge in [-0.15, -0.1) is 13.2 Å². The van der Waals surface area contributed by atoms with Gasteiger partial charge in [0, 0.05) is 17.3 Å². The Kier molecular flexibility index (Phi) is 6.95. The Bertz CT molecular complexity index is 1140. The maximum absolute atomic E-state index is 12.8. The lowest BCUT2D eigenvalue weighted by Crippen LogP contribution is -2.37. The van der Waals surface area contributed by atoms with Gasteiger partial charge in [0.15, 0.2) is 0 Å². The molecule has 0 radical (unpaired) electrons. The summed E-state index contributed by atoms with van der Waals surface area (Å²) < 4.78 is 40.9. The Morgan fingerprint density at radius 3 is 2.41 bits per heavy atom. The molecule has 5 nitrogen and oxygen atoms in total. The number of halogens is 3. The first-order valence-electron chi connectivity index (χ1n) is 11.5. The number of para-hydroxylation sites is 1. The van der Waals surface area contributed by atoms with Gasteiger partial charge in [0.05, 0.1) is 11.6 Å². The number of benzene rings is 2. The molecule has 0 aliphatic heterocycles. The molecule has 1 aliphatic rings. The largest absolute Gasteiger partial charge is 0.573 e. The number of aryl methyl sites for hydroxylation is 1. The Labute approximate surface area is 196 Å². The summed E-state index contributed by atoms with van der Waals surface area (Å²) in [7, 11) is 0. The third kappa shape index (κ3) is 5.98. The fraction of sp³-hybridized carbons (Fsp3) is 0.385. The zero-order chi connectivity index (χ0) is 24.3. The lowest BCUT2D eigenvalue weighted by atomic mass is 9.85. The van der Waals surface area contributed by atoms with Crippen LogP contribution in [0, 0.1) is 12.8 Å². The summed E-state index contributed by atoms with van der Waals surface area (Å²) in [4.78, 5) is 17.5. The minimum Gasteiger partial charge on any atom is -0.406 e. The van der Waals surface area contributed by atoms with Gasteiger partial charge in [-0.1, -0.05) is 30.3 Å². The van der Waals surface area contributed by atoms with Crippen molar-refractivity contribution < 1.29 is 22.7 Å². The predicted molar refractivity (Wildman–Crippen MR) is 126 cm³/mol. The predicted octanol–water partition coefficient (Wildman–Crippen LogP) is 6.29. The molecule has 1 aliphatic carbocycles. The highest BCUT2D eigenvalue weighted by atomic mass is 19.4. The Hall–Kier alpha value is -3.29. The number of hydrogen-bond donors (Lipinski definition) is 2. The third-order valence-corrected chi connectivity index (χ3v) is 6.35. The average Bonchev–Trinajstić information content (AvgIpc) is 2.79. The van der Waals surface area contributed by atoms with Crippen molar-refractivity contribution >= 4 is 22.6 Å². The van der Waals surface area contributed by atoms with E-state index in [1.165, 1.54) is 29.8 Å². The Balaban J connectivity index is 1.28. The lowest BCUT2D eigenvalue weighted by molar-refractivity contribution is -0.274. The molecule has 1 amide bonds. The molecule has 2 aromatic carbocycles. The summed E-state index contributed by atoms with van der Waals surface area (Å²) in [6.45, 7) is 3.90. The molecule has 2 N–H and O–H groups in total. The van der Waals surface area contributed by atoms with E-state index in [2.05, 4.69) is 34.4 Å². The van der Waals surface area contributed by atoms with Crippen LogP contribution in [0.2, 0.25) is 0 Å². The number of fused-ring (bicyclic) bond motifs is 1. The van der Waals surface area contributed by atoms with Crippen LogP contribution >= 0.6 is 0 Å². The molecule has 0 bridgehead atoms. The second-order valence-corrected chi connectivity index (χ2v) is 8.88. The van der Waals surface area contributed by atoms with E-state index in [4.69, 9.17) is 4.98 Å². The number of anilines is 1. The molecule has 0 spiro atoms. The van der Waals surface area contributed by atoms with Crippen molar-refractivity contribution in [1.82, 2.24) is 10.3 Å². The van der Waals surface area contributed by atoms with Crippen LogP contribution in [-0.2, 0) is 4.79 Å². The second-order valence-electron chi connectivity index (χ2n) is 8.88. The van der Waals surface area contributed by atoms with Crippen LogP contribution in [0.5, 0.6) is 5.75 Å². The van der Waals surface area contributed by atoms with Crippen LogP contribution in [0.3, 0.4) is 0 Å². The molecule has 180 valence electrons. The van der Waals surface area contributed by atoms with Crippen molar-refractivity contribution in [3.05, 3.63) is 65.7 Å². The van der Waals surface area contributed by atoms with Gasteiger partial charge >= 0.3 is 6.36 Å². The number of ether oxygens (including phenoxy) is 1. The first-order chi connectivity index (χ1) is 16.2. The SMILES string of the molecule is Cc1cc(NC2CCC(C(=O)N[C@H](C)c3ccc(OC(F)(F)F)cc3)CC2)nc2ccccc12. The van der Waals surface area contributed by atoms with Gasteiger partial charge in [-0.3, -0.25) is 4.79 Å². The maximum Gasteiger partial charge on any atom is 0.573 e. The van der Waals surface area contributed by atoms with E-state index in [0.717, 1.165) is 48.0 Å². The van der Waals surface area contributed by atoms with Gasteiger partial charge in [-0.2, -0.15) is 0 Å². The van der Waals surface area contributed by atoms with Crippen molar-refractivity contribution in [1.29, 1.82) is 0 Å². The number of alkyl halides is 3. The monoisotopic (exact) mass is 471 g/mol. The van der Waals surface area contributed by atoms with Crippen LogP contribution in [0.15, 0.2) is 54.6 Å². The third-order valence-electron chi connectivity index (χ3n) is 6.35. The average molecular weight is 472 g/mol. The highest BCUT2D eigenvalue weighted by molar-refractivity contribution is 5.83. The van der Waals surface area contributed by atoms with Gasteiger partial charge < -0.3 is 15.4 Å². The van der Waals surface area contributed by atoms with Crippen LogP contribution in [-0.4, -0.2) is 23.3 Å². The molecule has 1 atom stereocenters. The summed E-state index contributed by atoms with van der Waals surface area (Å²) in [5.41, 5.74) is 2.86. The number of carbonyl (C=O) groups is 1. The Morgan fingerprint density at radius 1 is 1.06 bits per heavy atom. The summed E-state index contributed by atoms with van der Waals surface area (Å²) in [5.74, 6) is 0.466. The minimum absolute atomic E-state index is 0.0266. The first kappa shape index (κ1) is 23.9. The number of rotatable bonds is 6. The smallest absolute Gasteiger partial charge is 0.406 e. The lowest BCUT2D eigenvalue weighted by Gasteiger charge is -2.29. The number of carbonyl (C=O) groups excluding carboxylic acids is 1. The Morgan fingerprint density at radius 2 is 1.74 bits per heavy atom. The molecule has 1 aromatic heterocycles. The fourth-order valence-electron chi connectivity index (χ4n) is 4.51. The van der Waals surface area contributed by atoms with E-state index in [1.807, 2.05) is 25.1 Å². The quantitative estimate of drug-likeness (QED) is 0.444. The molecule has 1 heterocycles. The van der Waals surface area contributed by atoms with Gasteiger partial charge in [-0.25, -0.2) is 4.98 Å². The molecule has 8 heteroatoms. The number of amides is 1.